The van der Waals surface area contributed by atoms with Crippen LogP contribution in [0.15, 0.2) is 66.9 Å². The van der Waals surface area contributed by atoms with Gasteiger partial charge < -0.3 is 10.2 Å². The lowest BCUT2D eigenvalue weighted by Crippen LogP contribution is -2.61. The maximum Gasteiger partial charge on any atom is 0.269 e. The number of rotatable bonds is 7. The lowest BCUT2D eigenvalue weighted by molar-refractivity contribution is -0.384. The number of amides is 1. The molecule has 2 aromatic carbocycles. The summed E-state index contributed by atoms with van der Waals surface area (Å²) in [6.07, 6.45) is 2.87. The van der Waals surface area contributed by atoms with E-state index in [0.717, 1.165) is 43.1 Å². The van der Waals surface area contributed by atoms with Crippen molar-refractivity contribution in [2.24, 2.45) is 5.92 Å². The average molecular weight is 506 g/mol. The lowest BCUT2D eigenvalue weighted by atomic mass is 9.83. The Bertz CT molecular complexity index is 1240. The molecular weight excluding hydrogens is 478 g/mol. The first kappa shape index (κ1) is 24.2. The predicted octanol–water partition coefficient (Wildman–Crippen LogP) is 3.87. The Morgan fingerprint density at radius 3 is 2.72 bits per heavy atom. The first-order valence-electron chi connectivity index (χ1n) is 12.2. The van der Waals surface area contributed by atoms with Crippen LogP contribution in [0.1, 0.15) is 16.8 Å². The van der Waals surface area contributed by atoms with Crippen LogP contribution in [-0.4, -0.2) is 52.9 Å². The number of benzene rings is 2. The molecule has 0 spiro atoms. The van der Waals surface area contributed by atoms with E-state index in [-0.39, 0.29) is 28.5 Å². The van der Waals surface area contributed by atoms with Gasteiger partial charge in [-0.3, -0.25) is 24.8 Å². The Morgan fingerprint density at radius 2 is 1.97 bits per heavy atom. The number of carbonyl (C=O) groups excluding carboxylic acids is 1. The van der Waals surface area contributed by atoms with E-state index in [1.807, 2.05) is 48.5 Å². The highest BCUT2D eigenvalue weighted by atomic mass is 35.5. The third kappa shape index (κ3) is 5.34. The van der Waals surface area contributed by atoms with Gasteiger partial charge >= 0.3 is 0 Å². The number of piperazine rings is 1. The summed E-state index contributed by atoms with van der Waals surface area (Å²) in [7, 11) is 0. The van der Waals surface area contributed by atoms with Crippen molar-refractivity contribution < 1.29 is 9.72 Å². The van der Waals surface area contributed by atoms with Gasteiger partial charge in [0.25, 0.3) is 5.69 Å². The molecule has 2 aliphatic heterocycles. The minimum atomic E-state index is -0.377. The van der Waals surface area contributed by atoms with E-state index in [9.17, 15) is 14.9 Å². The van der Waals surface area contributed by atoms with Gasteiger partial charge in [0.2, 0.25) is 5.91 Å². The smallest absolute Gasteiger partial charge is 0.269 e. The number of non-ortho nitro benzene ring substituents is 1. The minimum Gasteiger partial charge on any atom is -0.365 e. The molecule has 36 heavy (non-hydrogen) atoms. The standard InChI is InChI=1S/C27H28ClN5O3/c28-21-6-4-19(5-7-21)17-31-13-14-32-25-9-8-23(33(35)36)15-20(25)16-24(26(32)18-31)27(34)30-12-10-22-3-1-2-11-29-22/h1-9,11,15,24,26H,10,12-14,16-18H2,(H,30,34)/t24-,26-/m0/s1. The van der Waals surface area contributed by atoms with Gasteiger partial charge in [-0.05, 0) is 47.9 Å². The number of fused-ring (bicyclic) bond motifs is 3. The molecule has 8 nitrogen and oxygen atoms in total. The van der Waals surface area contributed by atoms with Gasteiger partial charge in [0.1, 0.15) is 0 Å². The second-order valence-electron chi connectivity index (χ2n) is 9.37. The summed E-state index contributed by atoms with van der Waals surface area (Å²) >= 11 is 6.05. The molecule has 1 N–H and O–H groups in total. The number of nitrogens with zero attached hydrogens (tertiary/aromatic N) is 4. The summed E-state index contributed by atoms with van der Waals surface area (Å²) in [4.78, 5) is 33.4. The first-order chi connectivity index (χ1) is 17.5. The maximum atomic E-state index is 13.4. The van der Waals surface area contributed by atoms with Crippen LogP contribution in [0, 0.1) is 16.0 Å². The van der Waals surface area contributed by atoms with E-state index < -0.39 is 0 Å². The molecule has 1 amide bonds. The molecule has 9 heteroatoms. The molecule has 2 atom stereocenters. The molecule has 2 aliphatic rings. The molecule has 0 radical (unpaired) electrons. The molecule has 3 aromatic rings. The van der Waals surface area contributed by atoms with Gasteiger partial charge in [0, 0.05) is 73.9 Å². The molecular formula is C27H28ClN5O3. The molecule has 0 unspecified atom stereocenters. The number of anilines is 1. The Kier molecular flexibility index (Phi) is 7.16. The highest BCUT2D eigenvalue weighted by molar-refractivity contribution is 6.30. The molecule has 3 heterocycles. The summed E-state index contributed by atoms with van der Waals surface area (Å²) in [5.41, 5.74) is 4.01. The third-order valence-corrected chi connectivity index (χ3v) is 7.31. The summed E-state index contributed by atoms with van der Waals surface area (Å²) in [6, 6.07) is 18.6. The van der Waals surface area contributed by atoms with Gasteiger partial charge in [-0.15, -0.1) is 0 Å². The molecule has 186 valence electrons. The number of aromatic nitrogens is 1. The number of pyridine rings is 1. The van der Waals surface area contributed by atoms with Crippen molar-refractivity contribution >= 4 is 28.9 Å². The number of halogens is 1. The predicted molar refractivity (Wildman–Crippen MR) is 139 cm³/mol. The number of nitrogens with one attached hydrogen (secondary N) is 1. The quantitative estimate of drug-likeness (QED) is 0.387. The van der Waals surface area contributed by atoms with Gasteiger partial charge in [0.05, 0.1) is 16.9 Å². The van der Waals surface area contributed by atoms with E-state index >= 15 is 0 Å². The Balaban J connectivity index is 1.35. The van der Waals surface area contributed by atoms with Crippen molar-refractivity contribution in [3.63, 3.8) is 0 Å². The van der Waals surface area contributed by atoms with Gasteiger partial charge in [-0.2, -0.15) is 0 Å². The SMILES string of the molecule is O=C(NCCc1ccccn1)[C@H]1Cc2cc([N+](=O)[O-])ccc2N2CCN(Cc3ccc(Cl)cc3)C[C@@H]12. The average Bonchev–Trinajstić information content (AvgIpc) is 2.89. The van der Waals surface area contributed by atoms with E-state index in [0.29, 0.717) is 24.4 Å². The van der Waals surface area contributed by atoms with Crippen LogP contribution < -0.4 is 10.2 Å². The van der Waals surface area contributed by atoms with Crippen molar-refractivity contribution in [2.45, 2.75) is 25.4 Å². The Hall–Kier alpha value is -3.49. The summed E-state index contributed by atoms with van der Waals surface area (Å²) < 4.78 is 0. The van der Waals surface area contributed by atoms with E-state index in [1.165, 1.54) is 5.56 Å². The molecule has 1 saturated heterocycles. The molecule has 0 saturated carbocycles. The van der Waals surface area contributed by atoms with Crippen LogP contribution in [0.3, 0.4) is 0 Å². The topological polar surface area (TPSA) is 91.6 Å². The highest BCUT2D eigenvalue weighted by Gasteiger charge is 2.41. The highest BCUT2D eigenvalue weighted by Crippen LogP contribution is 2.38. The summed E-state index contributed by atoms with van der Waals surface area (Å²) in [6.45, 7) is 3.60. The third-order valence-electron chi connectivity index (χ3n) is 7.05. The fraction of sp³-hybridized carbons (Fsp3) is 0.333. The number of hydrogen-bond acceptors (Lipinski definition) is 6. The fourth-order valence-corrected chi connectivity index (χ4v) is 5.39. The van der Waals surface area contributed by atoms with E-state index in [4.69, 9.17) is 11.6 Å². The van der Waals surface area contributed by atoms with E-state index in [1.54, 1.807) is 18.3 Å². The number of carbonyl (C=O) groups is 1. The number of nitro groups is 1. The fourth-order valence-electron chi connectivity index (χ4n) is 5.26. The van der Waals surface area contributed by atoms with Crippen LogP contribution in [0.4, 0.5) is 11.4 Å². The normalized spacial score (nSPS) is 19.3. The number of nitro benzene ring substituents is 1. The first-order valence-corrected chi connectivity index (χ1v) is 12.5. The van der Waals surface area contributed by atoms with Crippen LogP contribution in [0.5, 0.6) is 0 Å². The lowest BCUT2D eigenvalue weighted by Gasteiger charge is -2.49. The zero-order chi connectivity index (χ0) is 25.1. The molecule has 1 aromatic heterocycles. The largest absolute Gasteiger partial charge is 0.365 e. The molecule has 0 aliphatic carbocycles. The van der Waals surface area contributed by atoms with Gasteiger partial charge in [0.15, 0.2) is 0 Å². The molecule has 0 bridgehead atoms. The summed E-state index contributed by atoms with van der Waals surface area (Å²) in [5, 5.41) is 15.2. The van der Waals surface area contributed by atoms with Gasteiger partial charge in [-0.1, -0.05) is 29.8 Å². The van der Waals surface area contributed by atoms with Crippen LogP contribution in [-0.2, 0) is 24.2 Å². The van der Waals surface area contributed by atoms with Crippen molar-refractivity contribution in [1.82, 2.24) is 15.2 Å². The minimum absolute atomic E-state index is 0.0187. The van der Waals surface area contributed by atoms with Crippen molar-refractivity contribution in [1.29, 1.82) is 0 Å². The molecule has 1 fully saturated rings. The van der Waals surface area contributed by atoms with Crippen molar-refractivity contribution in [3.05, 3.63) is 98.8 Å². The maximum absolute atomic E-state index is 13.4. The van der Waals surface area contributed by atoms with Crippen molar-refractivity contribution in [3.8, 4) is 0 Å². The second kappa shape index (κ2) is 10.6. The Morgan fingerprint density at radius 1 is 1.14 bits per heavy atom. The Labute approximate surface area is 215 Å². The van der Waals surface area contributed by atoms with E-state index in [2.05, 4.69) is 20.1 Å². The zero-order valence-corrected chi connectivity index (χ0v) is 20.6. The van der Waals surface area contributed by atoms with Crippen LogP contribution in [0.25, 0.3) is 0 Å². The van der Waals surface area contributed by atoms with Gasteiger partial charge in [-0.25, -0.2) is 0 Å². The summed E-state index contributed by atoms with van der Waals surface area (Å²) in [5.74, 6) is -0.331. The second-order valence-corrected chi connectivity index (χ2v) is 9.80. The molecule has 5 rings (SSSR count). The zero-order valence-electron chi connectivity index (χ0n) is 19.8. The van der Waals surface area contributed by atoms with Crippen molar-refractivity contribution in [2.75, 3.05) is 31.1 Å². The number of hydrogen-bond donors (Lipinski definition) is 1. The van der Waals surface area contributed by atoms with Crippen LogP contribution >= 0.6 is 11.6 Å². The van der Waals surface area contributed by atoms with Crippen LogP contribution in [0.2, 0.25) is 5.02 Å². The monoisotopic (exact) mass is 505 g/mol.